The summed E-state index contributed by atoms with van der Waals surface area (Å²) in [6.45, 7) is 0. The summed E-state index contributed by atoms with van der Waals surface area (Å²) in [5.41, 5.74) is 2.15. The molecule has 0 fully saturated rings. The Morgan fingerprint density at radius 2 is 1.17 bits per heavy atom. The van der Waals surface area contributed by atoms with Gasteiger partial charge in [-0.25, -0.2) is 0 Å². The maximum atomic E-state index is 8.72. The zero-order valence-corrected chi connectivity index (χ0v) is 9.15. The summed E-state index contributed by atoms with van der Waals surface area (Å²) < 4.78 is 0. The molecule has 0 spiro atoms. The predicted molar refractivity (Wildman–Crippen MR) is 66.5 cm³/mol. The van der Waals surface area contributed by atoms with Gasteiger partial charge in [0.2, 0.25) is 10.8 Å². The molecule has 18 heavy (non-hydrogen) atoms. The van der Waals surface area contributed by atoms with Crippen molar-refractivity contribution in [2.24, 2.45) is 0 Å². The molecule has 0 aliphatic rings. The summed E-state index contributed by atoms with van der Waals surface area (Å²) in [4.78, 5) is 6.22. The Labute approximate surface area is 101 Å². The maximum absolute atomic E-state index is 8.72. The predicted octanol–water partition coefficient (Wildman–Crippen LogP) is 3.75. The monoisotopic (exact) mass is 234 g/mol. The van der Waals surface area contributed by atoms with Gasteiger partial charge in [-0.2, -0.15) is 0 Å². The van der Waals surface area contributed by atoms with Crippen molar-refractivity contribution in [3.05, 3.63) is 46.4 Å². The van der Waals surface area contributed by atoms with Gasteiger partial charge in [0.05, 0.1) is 12.1 Å². The SMILES string of the molecule is N#[N+]c1ccc2c(c1)nnc1cc([N+]#N)ccc12. The van der Waals surface area contributed by atoms with E-state index in [0.717, 1.165) is 10.8 Å². The van der Waals surface area contributed by atoms with Crippen LogP contribution < -0.4 is 0 Å². The highest BCUT2D eigenvalue weighted by atomic mass is 15.1. The molecule has 0 bridgehead atoms. The van der Waals surface area contributed by atoms with E-state index in [1.54, 1.807) is 24.3 Å². The number of aromatic nitrogens is 2. The van der Waals surface area contributed by atoms with E-state index in [2.05, 4.69) is 20.1 Å². The molecule has 1 heterocycles. The smallest absolute Gasteiger partial charge is 0.150 e. The highest BCUT2D eigenvalue weighted by molar-refractivity contribution is 6.05. The topological polar surface area (TPSA) is 82.1 Å². The van der Waals surface area contributed by atoms with Crippen molar-refractivity contribution in [3.8, 4) is 0 Å². The lowest BCUT2D eigenvalue weighted by Gasteiger charge is -1.98. The minimum Gasteiger partial charge on any atom is -0.150 e. The largest absolute Gasteiger partial charge is 0.387 e. The summed E-state index contributed by atoms with van der Waals surface area (Å²) in [7, 11) is 0. The summed E-state index contributed by atoms with van der Waals surface area (Å²) in [6.07, 6.45) is 0. The first-order valence-electron chi connectivity index (χ1n) is 5.22. The summed E-state index contributed by atoms with van der Waals surface area (Å²) >= 11 is 0. The van der Waals surface area contributed by atoms with Crippen LogP contribution >= 0.6 is 0 Å². The number of diazo groups is 2. The van der Waals surface area contributed by atoms with Gasteiger partial charge in [-0.3, -0.25) is 0 Å². The lowest BCUT2D eigenvalue weighted by Crippen LogP contribution is -1.86. The van der Waals surface area contributed by atoms with Crippen molar-refractivity contribution >= 4 is 33.2 Å². The highest BCUT2D eigenvalue weighted by Gasteiger charge is 2.12. The van der Waals surface area contributed by atoms with Crippen LogP contribution in [0.2, 0.25) is 0 Å². The van der Waals surface area contributed by atoms with Crippen molar-refractivity contribution in [1.82, 2.24) is 10.2 Å². The summed E-state index contributed by atoms with van der Waals surface area (Å²) in [5, 5.41) is 27.3. The van der Waals surface area contributed by atoms with Gasteiger partial charge in [0.25, 0.3) is 0 Å². The molecule has 6 nitrogen and oxygen atoms in total. The molecule has 0 unspecified atom stereocenters. The fourth-order valence-corrected chi connectivity index (χ4v) is 1.89. The summed E-state index contributed by atoms with van der Waals surface area (Å²) in [6, 6.07) is 10.3. The van der Waals surface area contributed by atoms with Gasteiger partial charge in [0.15, 0.2) is 9.95 Å². The number of hydrogen-bond acceptors (Lipinski definition) is 4. The number of nitrogens with zero attached hydrogens (tertiary/aromatic N) is 6. The first kappa shape index (κ1) is 10.1. The van der Waals surface area contributed by atoms with Crippen LogP contribution in [0.5, 0.6) is 0 Å². The first-order chi connectivity index (χ1) is 8.81. The van der Waals surface area contributed by atoms with Crippen molar-refractivity contribution < 1.29 is 0 Å². The van der Waals surface area contributed by atoms with E-state index in [9.17, 15) is 0 Å². The fourth-order valence-electron chi connectivity index (χ4n) is 1.89. The van der Waals surface area contributed by atoms with Crippen molar-refractivity contribution in [3.63, 3.8) is 0 Å². The first-order valence-corrected chi connectivity index (χ1v) is 5.22. The molecule has 0 N–H and O–H groups in total. The molecule has 2 aromatic carbocycles. The molecule has 0 saturated carbocycles. The molecule has 0 amide bonds. The lowest BCUT2D eigenvalue weighted by atomic mass is 10.1. The van der Waals surface area contributed by atoms with Crippen LogP contribution in [0, 0.1) is 10.8 Å². The molecular formula is C12H6N6+2. The third-order valence-electron chi connectivity index (χ3n) is 2.75. The zero-order chi connectivity index (χ0) is 12.5. The molecule has 3 rings (SSSR count). The van der Waals surface area contributed by atoms with Crippen molar-refractivity contribution in [1.29, 1.82) is 10.8 Å². The second-order valence-electron chi connectivity index (χ2n) is 3.80. The van der Waals surface area contributed by atoms with Crippen molar-refractivity contribution in [2.45, 2.75) is 0 Å². The van der Waals surface area contributed by atoms with Gasteiger partial charge < -0.3 is 0 Å². The van der Waals surface area contributed by atoms with Crippen LogP contribution in [0.1, 0.15) is 0 Å². The Hall–Kier alpha value is -3.12. The van der Waals surface area contributed by atoms with Crippen LogP contribution in [-0.4, -0.2) is 10.2 Å². The molecule has 3 aromatic rings. The third-order valence-corrected chi connectivity index (χ3v) is 2.75. The molecule has 1 aromatic heterocycles. The van der Waals surface area contributed by atoms with E-state index in [0.29, 0.717) is 22.4 Å². The number of hydrogen-bond donors (Lipinski definition) is 0. The minimum atomic E-state index is 0.429. The van der Waals surface area contributed by atoms with Crippen LogP contribution in [0.3, 0.4) is 0 Å². The number of rotatable bonds is 0. The normalized spacial score (nSPS) is 10.1. The van der Waals surface area contributed by atoms with Crippen LogP contribution in [-0.2, 0) is 0 Å². The Morgan fingerprint density at radius 1 is 0.722 bits per heavy atom. The van der Waals surface area contributed by atoms with Crippen LogP contribution in [0.4, 0.5) is 11.4 Å². The van der Waals surface area contributed by atoms with Gasteiger partial charge in [-0.1, -0.05) is 0 Å². The average Bonchev–Trinajstić information content (AvgIpc) is 2.45. The van der Waals surface area contributed by atoms with E-state index >= 15 is 0 Å². The number of fused-ring (bicyclic) bond motifs is 3. The second kappa shape index (κ2) is 3.72. The fraction of sp³-hybridized carbons (Fsp3) is 0. The van der Waals surface area contributed by atoms with Gasteiger partial charge in [0, 0.05) is 22.9 Å². The van der Waals surface area contributed by atoms with Gasteiger partial charge in [-0.05, 0) is 12.1 Å². The highest BCUT2D eigenvalue weighted by Crippen LogP contribution is 2.27. The molecule has 0 aliphatic heterocycles. The Balaban J connectivity index is 2.41. The molecule has 6 heteroatoms. The van der Waals surface area contributed by atoms with Gasteiger partial charge in [-0.15, -0.1) is 10.2 Å². The van der Waals surface area contributed by atoms with Gasteiger partial charge >= 0.3 is 11.4 Å². The van der Waals surface area contributed by atoms with E-state index in [4.69, 9.17) is 10.8 Å². The Morgan fingerprint density at radius 3 is 1.56 bits per heavy atom. The standard InChI is InChI=1S/C12H6N6/c13-15-7-1-3-9-10-4-2-8(16-14)6-12(10)18-17-11(9)5-7/h1-6H/q+2. The van der Waals surface area contributed by atoms with Crippen LogP contribution in [0.15, 0.2) is 36.4 Å². The minimum absolute atomic E-state index is 0.429. The van der Waals surface area contributed by atoms with Crippen molar-refractivity contribution in [2.75, 3.05) is 0 Å². The Kier molecular flexibility index (Phi) is 2.08. The quantitative estimate of drug-likeness (QED) is 0.438. The number of benzene rings is 2. The lowest BCUT2D eigenvalue weighted by molar-refractivity contribution is 1.12. The van der Waals surface area contributed by atoms with E-state index in [1.807, 2.05) is 12.1 Å². The van der Waals surface area contributed by atoms with Gasteiger partial charge in [0.1, 0.15) is 11.0 Å². The van der Waals surface area contributed by atoms with E-state index < -0.39 is 0 Å². The molecule has 0 radical (unpaired) electrons. The molecule has 0 saturated heterocycles. The third kappa shape index (κ3) is 1.41. The molecule has 82 valence electrons. The van der Waals surface area contributed by atoms with E-state index in [-0.39, 0.29) is 0 Å². The summed E-state index contributed by atoms with van der Waals surface area (Å²) in [5.74, 6) is 0. The molecular weight excluding hydrogens is 228 g/mol. The average molecular weight is 234 g/mol. The molecule has 0 atom stereocenters. The maximum Gasteiger partial charge on any atom is 0.387 e. The molecule has 0 aliphatic carbocycles. The Bertz CT molecular complexity index is 783. The zero-order valence-electron chi connectivity index (χ0n) is 9.15. The van der Waals surface area contributed by atoms with E-state index in [1.165, 1.54) is 0 Å². The van der Waals surface area contributed by atoms with Crippen LogP contribution in [0.25, 0.3) is 31.8 Å². The second-order valence-corrected chi connectivity index (χ2v) is 3.80.